The fourth-order valence-electron chi connectivity index (χ4n) is 5.17. The lowest BCUT2D eigenvalue weighted by Crippen LogP contribution is -2.65. The molecule has 2 aromatic carbocycles. The van der Waals surface area contributed by atoms with Crippen molar-refractivity contribution in [3.63, 3.8) is 0 Å². The molecule has 1 N–H and O–H groups in total. The van der Waals surface area contributed by atoms with Crippen LogP contribution in [0.5, 0.6) is 0 Å². The van der Waals surface area contributed by atoms with Crippen molar-refractivity contribution in [1.82, 2.24) is 0 Å². The number of hydrogen-bond acceptors (Lipinski definition) is 3. The zero-order valence-electron chi connectivity index (χ0n) is 17.4. The number of quaternary nitrogens is 1. The molecule has 0 saturated carbocycles. The van der Waals surface area contributed by atoms with Gasteiger partial charge in [-0.05, 0) is 11.1 Å². The van der Waals surface area contributed by atoms with E-state index in [1.165, 1.54) is 0 Å². The van der Waals surface area contributed by atoms with Gasteiger partial charge in [-0.2, -0.15) is 0 Å². The predicted octanol–water partition coefficient (Wildman–Crippen LogP) is 3.49. The molecule has 0 spiro atoms. The van der Waals surface area contributed by atoms with E-state index >= 15 is 0 Å². The maximum Gasteiger partial charge on any atom is 0.348 e. The second-order valence-corrected chi connectivity index (χ2v) is 8.73. The molecule has 4 nitrogen and oxygen atoms in total. The number of terminal acetylenes is 1. The summed E-state index contributed by atoms with van der Waals surface area (Å²) in [6, 6.07) is 18.2. The molecule has 1 atom stereocenters. The van der Waals surface area contributed by atoms with E-state index in [2.05, 4.69) is 5.92 Å². The summed E-state index contributed by atoms with van der Waals surface area (Å²) in [6.45, 7) is 4.11. The molecule has 2 bridgehead atoms. The Balaban J connectivity index is 1.57. The van der Waals surface area contributed by atoms with Gasteiger partial charge in [-0.15, -0.1) is 12.3 Å². The first kappa shape index (κ1) is 20.7. The number of nitrogens with zero attached hydrogens (tertiary/aromatic N) is 1. The Morgan fingerprint density at radius 2 is 1.63 bits per heavy atom. The Morgan fingerprint density at radius 1 is 1.07 bits per heavy atom. The number of carbonyl (C=O) groups is 1. The Bertz CT molecular complexity index is 855. The lowest BCUT2D eigenvalue weighted by molar-refractivity contribution is -0.946. The quantitative estimate of drug-likeness (QED) is 0.333. The zero-order chi connectivity index (χ0) is 21.0. The number of hydrogen-bond donors (Lipinski definition) is 1. The number of benzene rings is 2. The third kappa shape index (κ3) is 3.88. The van der Waals surface area contributed by atoms with Crippen molar-refractivity contribution in [1.29, 1.82) is 0 Å². The minimum atomic E-state index is -1.82. The molecule has 3 aliphatic heterocycles. The number of aliphatic hydroxyl groups is 1. The summed E-state index contributed by atoms with van der Waals surface area (Å²) in [7, 11) is 0. The lowest BCUT2D eigenvalue weighted by Gasteiger charge is -2.52. The first-order valence-electron chi connectivity index (χ1n) is 10.9. The van der Waals surface area contributed by atoms with Crippen LogP contribution < -0.4 is 0 Å². The third-order valence-electron chi connectivity index (χ3n) is 6.93. The number of piperidine rings is 3. The van der Waals surface area contributed by atoms with Gasteiger partial charge >= 0.3 is 5.97 Å². The van der Waals surface area contributed by atoms with Crippen LogP contribution in [0.15, 0.2) is 60.7 Å². The van der Waals surface area contributed by atoms with Crippen LogP contribution in [0.1, 0.15) is 36.8 Å². The maximum atomic E-state index is 13.5. The smallest absolute Gasteiger partial charge is 0.348 e. The largest absolute Gasteiger partial charge is 0.453 e. The molecule has 2 aromatic rings. The number of carbonyl (C=O) groups excluding carboxylic acids is 1. The molecule has 0 aliphatic carbocycles. The molecule has 3 heterocycles. The van der Waals surface area contributed by atoms with E-state index in [9.17, 15) is 9.90 Å². The maximum absolute atomic E-state index is 13.5. The van der Waals surface area contributed by atoms with Crippen molar-refractivity contribution >= 4 is 5.97 Å². The Hall–Kier alpha value is -2.61. The van der Waals surface area contributed by atoms with Crippen molar-refractivity contribution < 1.29 is 19.1 Å². The predicted molar refractivity (Wildman–Crippen MR) is 116 cm³/mol. The second-order valence-electron chi connectivity index (χ2n) is 8.73. The number of ether oxygens (including phenoxy) is 1. The van der Waals surface area contributed by atoms with Crippen molar-refractivity contribution in [2.45, 2.75) is 37.4 Å². The van der Waals surface area contributed by atoms with Gasteiger partial charge in [-0.25, -0.2) is 4.79 Å². The van der Waals surface area contributed by atoms with E-state index < -0.39 is 11.6 Å². The molecule has 0 aromatic heterocycles. The highest BCUT2D eigenvalue weighted by Crippen LogP contribution is 2.38. The van der Waals surface area contributed by atoms with Gasteiger partial charge in [-0.1, -0.05) is 60.7 Å². The topological polar surface area (TPSA) is 46.5 Å². The van der Waals surface area contributed by atoms with Crippen molar-refractivity contribution in [2.24, 2.45) is 5.92 Å². The van der Waals surface area contributed by atoms with Crippen molar-refractivity contribution in [2.75, 3.05) is 26.2 Å². The summed E-state index contributed by atoms with van der Waals surface area (Å²) in [6.07, 6.45) is 9.18. The minimum absolute atomic E-state index is 0.162. The molecular formula is C26H30NO3+. The van der Waals surface area contributed by atoms with Crippen LogP contribution in [0.2, 0.25) is 0 Å². The van der Waals surface area contributed by atoms with Gasteiger partial charge < -0.3 is 14.3 Å². The van der Waals surface area contributed by atoms with E-state index in [4.69, 9.17) is 11.2 Å². The Morgan fingerprint density at radius 3 is 2.17 bits per heavy atom. The van der Waals surface area contributed by atoms with Crippen LogP contribution in [0.4, 0.5) is 0 Å². The second kappa shape index (κ2) is 8.63. The molecule has 3 saturated heterocycles. The van der Waals surface area contributed by atoms with Crippen LogP contribution in [0.25, 0.3) is 0 Å². The first-order chi connectivity index (χ1) is 14.6. The fourth-order valence-corrected chi connectivity index (χ4v) is 5.17. The molecule has 30 heavy (non-hydrogen) atoms. The van der Waals surface area contributed by atoms with E-state index in [1.807, 2.05) is 36.4 Å². The van der Waals surface area contributed by atoms with Crippen LogP contribution in [-0.4, -0.2) is 47.8 Å². The lowest BCUT2D eigenvalue weighted by atomic mass is 9.82. The molecule has 156 valence electrons. The average molecular weight is 405 g/mol. The summed E-state index contributed by atoms with van der Waals surface area (Å²) in [5, 5.41) is 11.7. The van der Waals surface area contributed by atoms with Crippen LogP contribution >= 0.6 is 0 Å². The molecule has 3 fully saturated rings. The Labute approximate surface area is 179 Å². The molecule has 0 unspecified atom stereocenters. The SMILES string of the molecule is C#CCCC[N+]12CCC(CC1)[C@@H](OC(=O)C(O)(c1ccccc1)c1ccccc1)C2. The van der Waals surface area contributed by atoms with Gasteiger partial charge in [0.25, 0.3) is 0 Å². The normalized spacial score (nSPS) is 25.5. The van der Waals surface area contributed by atoms with Crippen LogP contribution in [0.3, 0.4) is 0 Å². The molecule has 5 rings (SSSR count). The average Bonchev–Trinajstić information content (AvgIpc) is 2.80. The zero-order valence-corrected chi connectivity index (χ0v) is 17.4. The van der Waals surface area contributed by atoms with Gasteiger partial charge in [0.05, 0.1) is 19.6 Å². The van der Waals surface area contributed by atoms with Crippen LogP contribution in [0, 0.1) is 18.3 Å². The monoisotopic (exact) mass is 404 g/mol. The molecule has 0 radical (unpaired) electrons. The first-order valence-corrected chi connectivity index (χ1v) is 10.9. The highest BCUT2D eigenvalue weighted by Gasteiger charge is 2.50. The number of esters is 1. The number of unbranched alkanes of at least 4 members (excludes halogenated alkanes) is 1. The number of rotatable bonds is 7. The van der Waals surface area contributed by atoms with Crippen molar-refractivity contribution in [3.05, 3.63) is 71.8 Å². The summed E-state index contributed by atoms with van der Waals surface area (Å²) < 4.78 is 7.06. The third-order valence-corrected chi connectivity index (χ3v) is 6.93. The molecule has 4 heteroatoms. The van der Waals surface area contributed by atoms with E-state index in [-0.39, 0.29) is 6.10 Å². The molecule has 0 amide bonds. The highest BCUT2D eigenvalue weighted by molar-refractivity contribution is 5.85. The fraction of sp³-hybridized carbons (Fsp3) is 0.423. The molecular weight excluding hydrogens is 374 g/mol. The summed E-state index contributed by atoms with van der Waals surface area (Å²) in [5.41, 5.74) is -0.760. The summed E-state index contributed by atoms with van der Waals surface area (Å²) >= 11 is 0. The van der Waals surface area contributed by atoms with Gasteiger partial charge in [0, 0.05) is 31.6 Å². The standard InChI is InChI=1S/C26H30NO3/c1-2-3-10-17-27-18-15-21(16-19-27)24(20-27)30-25(28)26(29,22-11-6-4-7-12-22)23-13-8-5-9-14-23/h1,4-9,11-14,21,24,29H,3,10,15-20H2/q+1/t21?,24-,27?/m0/s1. The van der Waals surface area contributed by atoms with Gasteiger partial charge in [0.2, 0.25) is 5.60 Å². The Kier molecular flexibility index (Phi) is 5.94. The summed E-state index contributed by atoms with van der Waals surface area (Å²) in [4.78, 5) is 13.5. The highest BCUT2D eigenvalue weighted by atomic mass is 16.6. The van der Waals surface area contributed by atoms with E-state index in [1.54, 1.807) is 24.3 Å². The van der Waals surface area contributed by atoms with Gasteiger partial charge in [0.1, 0.15) is 6.54 Å². The van der Waals surface area contributed by atoms with E-state index in [0.717, 1.165) is 56.3 Å². The summed E-state index contributed by atoms with van der Waals surface area (Å²) in [5.74, 6) is 2.52. The number of fused-ring (bicyclic) bond motifs is 3. The molecule has 3 aliphatic rings. The minimum Gasteiger partial charge on any atom is -0.453 e. The van der Waals surface area contributed by atoms with Gasteiger partial charge in [0.15, 0.2) is 6.10 Å². The van der Waals surface area contributed by atoms with E-state index in [0.29, 0.717) is 17.0 Å². The van der Waals surface area contributed by atoms with Crippen LogP contribution in [-0.2, 0) is 15.1 Å². The van der Waals surface area contributed by atoms with Gasteiger partial charge in [-0.3, -0.25) is 0 Å². The van der Waals surface area contributed by atoms with Crippen molar-refractivity contribution in [3.8, 4) is 12.3 Å².